The maximum atomic E-state index is 6.32. The van der Waals surface area contributed by atoms with E-state index in [0.29, 0.717) is 35.4 Å². The van der Waals surface area contributed by atoms with E-state index >= 15 is 0 Å². The van der Waals surface area contributed by atoms with E-state index in [1.807, 2.05) is 72.8 Å². The van der Waals surface area contributed by atoms with Gasteiger partial charge in [0.2, 0.25) is 5.95 Å². The van der Waals surface area contributed by atoms with Crippen molar-refractivity contribution < 1.29 is 4.74 Å². The molecule has 5 rings (SSSR count). The predicted octanol–water partition coefficient (Wildman–Crippen LogP) is 5.02. The number of nitrogens with zero attached hydrogens (tertiary/aromatic N) is 4. The van der Waals surface area contributed by atoms with E-state index in [1.165, 1.54) is 0 Å². The molecular weight excluding hydrogens is 400 g/mol. The molecule has 0 fully saturated rings. The molecule has 0 bridgehead atoms. The van der Waals surface area contributed by atoms with E-state index in [4.69, 9.17) is 15.5 Å². The monoisotopic (exact) mass is 422 g/mol. The number of nitrogen functional groups attached to an aromatic ring is 1. The quantitative estimate of drug-likeness (QED) is 0.399. The number of hydrogen-bond donors (Lipinski definition) is 2. The Morgan fingerprint density at radius 2 is 1.59 bits per heavy atom. The fourth-order valence-corrected chi connectivity index (χ4v) is 3.51. The highest BCUT2D eigenvalue weighted by Crippen LogP contribution is 2.33. The number of benzene rings is 3. The zero-order valence-electron chi connectivity index (χ0n) is 17.6. The number of aryl methyl sites for hydroxylation is 1. The van der Waals surface area contributed by atoms with Crippen molar-refractivity contribution in [1.29, 1.82) is 0 Å². The van der Waals surface area contributed by atoms with Crippen LogP contribution in [0.1, 0.15) is 5.56 Å². The van der Waals surface area contributed by atoms with E-state index in [9.17, 15) is 0 Å². The van der Waals surface area contributed by atoms with Gasteiger partial charge in [-0.05, 0) is 29.8 Å². The number of rotatable bonds is 6. The first-order valence-electron chi connectivity index (χ1n) is 10.3. The Balaban J connectivity index is 1.54. The van der Waals surface area contributed by atoms with Crippen LogP contribution in [0.2, 0.25) is 0 Å². The van der Waals surface area contributed by atoms with Gasteiger partial charge in [0, 0.05) is 19.2 Å². The van der Waals surface area contributed by atoms with E-state index in [0.717, 1.165) is 22.3 Å². The van der Waals surface area contributed by atoms with Crippen LogP contribution in [0.3, 0.4) is 0 Å². The molecule has 0 aliphatic heterocycles. The summed E-state index contributed by atoms with van der Waals surface area (Å²) in [4.78, 5) is 9.38. The smallest absolute Gasteiger partial charge is 0.225 e. The minimum atomic E-state index is 0.490. The zero-order chi connectivity index (χ0) is 21.9. The Morgan fingerprint density at radius 3 is 2.38 bits per heavy atom. The molecule has 0 amide bonds. The van der Waals surface area contributed by atoms with Gasteiger partial charge in [-0.25, -0.2) is 4.98 Å². The SMILES string of the molecule is Cn1nc2nc(NCc3ccccc3)nc(-c3cccc(Oc4ccccc4)c3)c2c1N. The summed E-state index contributed by atoms with van der Waals surface area (Å²) in [5.74, 6) is 2.48. The van der Waals surface area contributed by atoms with Crippen molar-refractivity contribution in [1.82, 2.24) is 19.7 Å². The Morgan fingerprint density at radius 1 is 0.875 bits per heavy atom. The number of para-hydroxylation sites is 1. The lowest BCUT2D eigenvalue weighted by atomic mass is 10.1. The lowest BCUT2D eigenvalue weighted by Gasteiger charge is -2.10. The molecule has 3 N–H and O–H groups in total. The second-order valence-corrected chi connectivity index (χ2v) is 7.39. The normalized spacial score (nSPS) is 10.9. The molecule has 0 radical (unpaired) electrons. The van der Waals surface area contributed by atoms with Crippen molar-refractivity contribution in [2.45, 2.75) is 6.54 Å². The molecule has 3 aromatic carbocycles. The summed E-state index contributed by atoms with van der Waals surface area (Å²) in [6.07, 6.45) is 0. The number of aromatic nitrogens is 4. The number of hydrogen-bond acceptors (Lipinski definition) is 6. The first-order valence-corrected chi connectivity index (χ1v) is 10.3. The number of ether oxygens (including phenoxy) is 1. The highest BCUT2D eigenvalue weighted by atomic mass is 16.5. The molecule has 2 heterocycles. The molecule has 158 valence electrons. The second-order valence-electron chi connectivity index (χ2n) is 7.39. The summed E-state index contributed by atoms with van der Waals surface area (Å²) in [6, 6.07) is 27.5. The average molecular weight is 422 g/mol. The van der Waals surface area contributed by atoms with E-state index in [1.54, 1.807) is 11.7 Å². The average Bonchev–Trinajstić information content (AvgIpc) is 3.12. The molecule has 7 nitrogen and oxygen atoms in total. The molecular formula is C25H22N6O. The van der Waals surface area contributed by atoms with Gasteiger partial charge in [0.25, 0.3) is 0 Å². The third-order valence-corrected chi connectivity index (χ3v) is 5.12. The summed E-state index contributed by atoms with van der Waals surface area (Å²) < 4.78 is 7.63. The molecule has 0 spiro atoms. The maximum Gasteiger partial charge on any atom is 0.225 e. The fraction of sp³-hybridized carbons (Fsp3) is 0.0800. The molecule has 2 aromatic heterocycles. The molecule has 5 aromatic rings. The third kappa shape index (κ3) is 3.96. The van der Waals surface area contributed by atoms with E-state index in [-0.39, 0.29) is 0 Å². The van der Waals surface area contributed by atoms with Gasteiger partial charge in [-0.3, -0.25) is 4.68 Å². The lowest BCUT2D eigenvalue weighted by molar-refractivity contribution is 0.483. The highest BCUT2D eigenvalue weighted by molar-refractivity contribution is 5.99. The molecule has 0 saturated heterocycles. The van der Waals surface area contributed by atoms with Crippen LogP contribution >= 0.6 is 0 Å². The molecule has 32 heavy (non-hydrogen) atoms. The van der Waals surface area contributed by atoms with Gasteiger partial charge in [-0.1, -0.05) is 60.7 Å². The van der Waals surface area contributed by atoms with Gasteiger partial charge in [-0.2, -0.15) is 10.1 Å². The van der Waals surface area contributed by atoms with Crippen LogP contribution in [-0.4, -0.2) is 19.7 Å². The summed E-state index contributed by atoms with van der Waals surface area (Å²) in [5.41, 5.74) is 9.57. The van der Waals surface area contributed by atoms with Gasteiger partial charge in [0.15, 0.2) is 5.65 Å². The standard InChI is InChI=1S/C25H22N6O/c1-31-23(26)21-22(18-11-8-14-20(15-18)32-19-12-6-3-7-13-19)28-25(29-24(21)30-31)27-16-17-9-4-2-5-10-17/h2-15H,16,26H2,1H3,(H,27,29,30). The van der Waals surface area contributed by atoms with Crippen molar-refractivity contribution in [3.05, 3.63) is 90.5 Å². The minimum Gasteiger partial charge on any atom is -0.457 e. The molecule has 0 aliphatic rings. The summed E-state index contributed by atoms with van der Waals surface area (Å²) >= 11 is 0. The first kappa shape index (κ1) is 19.6. The van der Waals surface area contributed by atoms with Crippen molar-refractivity contribution in [3.8, 4) is 22.8 Å². The van der Waals surface area contributed by atoms with E-state index in [2.05, 4.69) is 27.5 Å². The van der Waals surface area contributed by atoms with Gasteiger partial charge in [-0.15, -0.1) is 0 Å². The topological polar surface area (TPSA) is 90.9 Å². The largest absolute Gasteiger partial charge is 0.457 e. The lowest BCUT2D eigenvalue weighted by Crippen LogP contribution is -2.05. The van der Waals surface area contributed by atoms with Crippen LogP contribution in [0.25, 0.3) is 22.3 Å². The van der Waals surface area contributed by atoms with Crippen molar-refractivity contribution >= 4 is 22.8 Å². The maximum absolute atomic E-state index is 6.32. The second kappa shape index (κ2) is 8.39. The van der Waals surface area contributed by atoms with Gasteiger partial charge < -0.3 is 15.8 Å². The minimum absolute atomic E-state index is 0.490. The predicted molar refractivity (Wildman–Crippen MR) is 126 cm³/mol. The van der Waals surface area contributed by atoms with Crippen LogP contribution in [0.15, 0.2) is 84.9 Å². The molecule has 0 saturated carbocycles. The number of nitrogens with two attached hydrogens (primary N) is 1. The molecule has 0 atom stereocenters. The van der Waals surface area contributed by atoms with Crippen LogP contribution in [0.5, 0.6) is 11.5 Å². The van der Waals surface area contributed by atoms with Crippen molar-refractivity contribution in [2.24, 2.45) is 7.05 Å². The van der Waals surface area contributed by atoms with Crippen LogP contribution in [0.4, 0.5) is 11.8 Å². The van der Waals surface area contributed by atoms with Gasteiger partial charge >= 0.3 is 0 Å². The van der Waals surface area contributed by atoms with E-state index < -0.39 is 0 Å². The summed E-state index contributed by atoms with van der Waals surface area (Å²) in [7, 11) is 1.80. The highest BCUT2D eigenvalue weighted by Gasteiger charge is 2.17. The zero-order valence-corrected chi connectivity index (χ0v) is 17.6. The Hall–Kier alpha value is -4.39. The Kier molecular flexibility index (Phi) is 5.13. The molecule has 0 aliphatic carbocycles. The Bertz CT molecular complexity index is 1370. The van der Waals surface area contributed by atoms with Crippen LogP contribution in [0, 0.1) is 0 Å². The third-order valence-electron chi connectivity index (χ3n) is 5.12. The number of nitrogens with one attached hydrogen (secondary N) is 1. The Labute approximate surface area is 185 Å². The fourth-order valence-electron chi connectivity index (χ4n) is 3.51. The summed E-state index contributed by atoms with van der Waals surface area (Å²) in [6.45, 7) is 0.602. The molecule has 7 heteroatoms. The number of anilines is 2. The first-order chi connectivity index (χ1) is 15.7. The summed E-state index contributed by atoms with van der Waals surface area (Å²) in [5, 5.41) is 8.49. The molecule has 0 unspecified atom stereocenters. The van der Waals surface area contributed by atoms with Gasteiger partial charge in [0.1, 0.15) is 17.3 Å². The van der Waals surface area contributed by atoms with Crippen LogP contribution < -0.4 is 15.8 Å². The van der Waals surface area contributed by atoms with Gasteiger partial charge in [0.05, 0.1) is 11.1 Å². The van der Waals surface area contributed by atoms with Crippen LogP contribution in [-0.2, 0) is 13.6 Å². The van der Waals surface area contributed by atoms with Crippen molar-refractivity contribution in [3.63, 3.8) is 0 Å². The van der Waals surface area contributed by atoms with Crippen molar-refractivity contribution in [2.75, 3.05) is 11.1 Å². The number of fused-ring (bicyclic) bond motifs is 1.